The summed E-state index contributed by atoms with van der Waals surface area (Å²) in [4.78, 5) is 25.4. The van der Waals surface area contributed by atoms with Gasteiger partial charge in [-0.15, -0.1) is 19.6 Å². The molecule has 26 heavy (non-hydrogen) atoms. The smallest absolute Gasteiger partial charge is 0.338 e. The van der Waals surface area contributed by atoms with Crippen molar-refractivity contribution in [1.29, 1.82) is 0 Å². The molecule has 138 valence electrons. The maximum Gasteiger partial charge on any atom is 0.338 e. The fourth-order valence-corrected chi connectivity index (χ4v) is 2.82. The fourth-order valence-electron chi connectivity index (χ4n) is 1.88. The highest BCUT2D eigenvalue weighted by atomic mass is 32.2. The largest absolute Gasteiger partial charge is 0.452 e. The Morgan fingerprint density at radius 3 is 2.27 bits per heavy atom. The number of esters is 1. The van der Waals surface area contributed by atoms with Gasteiger partial charge >= 0.3 is 5.97 Å². The molecule has 0 spiro atoms. The van der Waals surface area contributed by atoms with Crippen molar-refractivity contribution in [2.75, 3.05) is 26.2 Å². The zero-order valence-electron chi connectivity index (χ0n) is 14.2. The summed E-state index contributed by atoms with van der Waals surface area (Å²) in [5.74, 6) is 1.03. The lowest BCUT2D eigenvalue weighted by Crippen LogP contribution is -2.35. The van der Waals surface area contributed by atoms with E-state index in [2.05, 4.69) is 23.8 Å². The molecule has 1 amide bonds. The predicted octanol–water partition coefficient (Wildman–Crippen LogP) is 0.955. The molecule has 1 aromatic carbocycles. The summed E-state index contributed by atoms with van der Waals surface area (Å²) in [6.07, 6.45) is 8.12. The summed E-state index contributed by atoms with van der Waals surface area (Å²) < 4.78 is 31.0. The van der Waals surface area contributed by atoms with Gasteiger partial charge in [-0.25, -0.2) is 13.2 Å². The molecule has 0 atom stereocenters. The van der Waals surface area contributed by atoms with Gasteiger partial charge in [-0.1, -0.05) is 18.1 Å². The van der Waals surface area contributed by atoms with E-state index in [4.69, 9.17) is 11.2 Å². The molecule has 0 aromatic heterocycles. The third kappa shape index (κ3) is 6.20. The average Bonchev–Trinajstić information content (AvgIpc) is 2.64. The number of amides is 1. The van der Waals surface area contributed by atoms with Gasteiger partial charge in [0, 0.05) is 13.1 Å². The molecule has 0 bridgehead atoms. The molecule has 1 N–H and O–H groups in total. The number of terminal acetylenes is 1. The minimum Gasteiger partial charge on any atom is -0.452 e. The number of nitrogens with one attached hydrogen (secondary N) is 1. The Kier molecular flexibility index (Phi) is 8.28. The first-order chi connectivity index (χ1) is 12.4. The zero-order chi connectivity index (χ0) is 19.6. The van der Waals surface area contributed by atoms with Crippen LogP contribution < -0.4 is 4.72 Å². The number of carbonyl (C=O) groups excluding carboxylic acids is 2. The van der Waals surface area contributed by atoms with Crippen molar-refractivity contribution < 1.29 is 22.7 Å². The minimum atomic E-state index is -3.74. The molecule has 8 heteroatoms. The normalized spacial score (nSPS) is 10.4. The van der Waals surface area contributed by atoms with Crippen LogP contribution in [0.2, 0.25) is 0 Å². The predicted molar refractivity (Wildman–Crippen MR) is 97.7 cm³/mol. The Labute approximate surface area is 153 Å². The summed E-state index contributed by atoms with van der Waals surface area (Å²) in [6, 6.07) is 5.09. The molecular formula is C18H20N2O5S. The fraction of sp³-hybridized carbons (Fsp3) is 0.222. The standard InChI is InChI=1S/C18H20N2O5S/c1-4-11-19-26(23,24)16-9-7-15(8-10-16)18(22)25-14-17(21)20(12-5-2)13-6-3/h1,5-10,19H,2-3,11-14H2. The third-order valence-electron chi connectivity index (χ3n) is 3.14. The number of nitrogens with zero attached hydrogens (tertiary/aromatic N) is 1. The first-order valence-electron chi connectivity index (χ1n) is 7.55. The molecule has 0 radical (unpaired) electrons. The Balaban J connectivity index is 2.71. The van der Waals surface area contributed by atoms with Gasteiger partial charge in [0.15, 0.2) is 6.61 Å². The maximum absolute atomic E-state index is 12.0. The van der Waals surface area contributed by atoms with Crippen LogP contribution in [-0.2, 0) is 19.6 Å². The van der Waals surface area contributed by atoms with Gasteiger partial charge in [0.1, 0.15) is 0 Å². The average molecular weight is 376 g/mol. The third-order valence-corrected chi connectivity index (χ3v) is 4.56. The van der Waals surface area contributed by atoms with Gasteiger partial charge in [-0.3, -0.25) is 4.79 Å². The molecule has 0 aliphatic rings. The number of carbonyl (C=O) groups is 2. The van der Waals surface area contributed by atoms with Crippen LogP contribution in [-0.4, -0.2) is 51.4 Å². The van der Waals surface area contributed by atoms with Gasteiger partial charge in [0.05, 0.1) is 17.0 Å². The molecule has 0 heterocycles. The molecular weight excluding hydrogens is 356 g/mol. The minimum absolute atomic E-state index is 0.0384. The Hall–Kier alpha value is -2.89. The Morgan fingerprint density at radius 1 is 1.19 bits per heavy atom. The van der Waals surface area contributed by atoms with Crippen molar-refractivity contribution in [3.8, 4) is 12.3 Å². The highest BCUT2D eigenvalue weighted by Crippen LogP contribution is 2.11. The van der Waals surface area contributed by atoms with Crippen LogP contribution in [0.15, 0.2) is 54.5 Å². The summed E-state index contributed by atoms with van der Waals surface area (Å²) >= 11 is 0. The number of rotatable bonds is 10. The quantitative estimate of drug-likeness (QED) is 0.373. The van der Waals surface area contributed by atoms with Crippen LogP contribution in [0.5, 0.6) is 0 Å². The number of benzene rings is 1. The maximum atomic E-state index is 12.0. The first kappa shape index (κ1) is 21.2. The van der Waals surface area contributed by atoms with Crippen molar-refractivity contribution in [1.82, 2.24) is 9.62 Å². The number of sulfonamides is 1. The van der Waals surface area contributed by atoms with Crippen molar-refractivity contribution in [2.45, 2.75) is 4.90 Å². The summed E-state index contributed by atoms with van der Waals surface area (Å²) in [6.45, 7) is 7.14. The highest BCUT2D eigenvalue weighted by molar-refractivity contribution is 7.89. The lowest BCUT2D eigenvalue weighted by atomic mass is 10.2. The van der Waals surface area contributed by atoms with E-state index in [0.717, 1.165) is 0 Å². The van der Waals surface area contributed by atoms with Gasteiger partial charge in [0.2, 0.25) is 10.0 Å². The second kappa shape index (κ2) is 10.2. The Morgan fingerprint density at radius 2 is 1.77 bits per heavy atom. The van der Waals surface area contributed by atoms with Crippen LogP contribution in [0.4, 0.5) is 0 Å². The molecule has 1 aromatic rings. The number of hydrogen-bond donors (Lipinski definition) is 1. The van der Waals surface area contributed by atoms with Crippen molar-refractivity contribution in [3.63, 3.8) is 0 Å². The number of ether oxygens (including phenoxy) is 1. The number of hydrogen-bond acceptors (Lipinski definition) is 5. The van der Waals surface area contributed by atoms with Crippen LogP contribution in [0.1, 0.15) is 10.4 Å². The highest BCUT2D eigenvalue weighted by Gasteiger charge is 2.17. The lowest BCUT2D eigenvalue weighted by Gasteiger charge is -2.18. The van der Waals surface area contributed by atoms with Gasteiger partial charge in [-0.2, -0.15) is 4.72 Å². The van der Waals surface area contributed by atoms with Crippen LogP contribution in [0, 0.1) is 12.3 Å². The Bertz CT molecular complexity index is 797. The first-order valence-corrected chi connectivity index (χ1v) is 9.04. The van der Waals surface area contributed by atoms with Crippen molar-refractivity contribution >= 4 is 21.9 Å². The van der Waals surface area contributed by atoms with Crippen molar-refractivity contribution in [3.05, 3.63) is 55.1 Å². The molecule has 0 unspecified atom stereocenters. The molecule has 0 aliphatic heterocycles. The van der Waals surface area contributed by atoms with Crippen molar-refractivity contribution in [2.24, 2.45) is 0 Å². The van der Waals surface area contributed by atoms with E-state index >= 15 is 0 Å². The van der Waals surface area contributed by atoms with E-state index in [0.29, 0.717) is 13.1 Å². The van der Waals surface area contributed by atoms with E-state index in [1.165, 1.54) is 29.2 Å². The van der Waals surface area contributed by atoms with E-state index in [1.54, 1.807) is 12.2 Å². The molecule has 0 saturated carbocycles. The lowest BCUT2D eigenvalue weighted by molar-refractivity contribution is -0.133. The van der Waals surface area contributed by atoms with Crippen LogP contribution >= 0.6 is 0 Å². The van der Waals surface area contributed by atoms with E-state index < -0.39 is 28.5 Å². The summed E-state index contributed by atoms with van der Waals surface area (Å²) in [7, 11) is -3.74. The van der Waals surface area contributed by atoms with Gasteiger partial charge < -0.3 is 9.64 Å². The summed E-state index contributed by atoms with van der Waals surface area (Å²) in [5, 5.41) is 0. The van der Waals surface area contributed by atoms with Gasteiger partial charge in [-0.05, 0) is 24.3 Å². The van der Waals surface area contributed by atoms with Crippen LogP contribution in [0.3, 0.4) is 0 Å². The molecule has 7 nitrogen and oxygen atoms in total. The molecule has 0 saturated heterocycles. The van der Waals surface area contributed by atoms with Gasteiger partial charge in [0.25, 0.3) is 5.91 Å². The second-order valence-corrected chi connectivity index (χ2v) is 6.77. The van der Waals surface area contributed by atoms with Crippen LogP contribution in [0.25, 0.3) is 0 Å². The topological polar surface area (TPSA) is 92.8 Å². The molecule has 0 aliphatic carbocycles. The van der Waals surface area contributed by atoms with E-state index in [9.17, 15) is 18.0 Å². The summed E-state index contributed by atoms with van der Waals surface area (Å²) in [5.41, 5.74) is 0.118. The SMILES string of the molecule is C#CCNS(=O)(=O)c1ccc(C(=O)OCC(=O)N(CC=C)CC=C)cc1. The van der Waals surface area contributed by atoms with E-state index in [-0.39, 0.29) is 17.0 Å². The zero-order valence-corrected chi connectivity index (χ0v) is 15.0. The van der Waals surface area contributed by atoms with E-state index in [1.807, 2.05) is 0 Å². The monoisotopic (exact) mass is 376 g/mol. The second-order valence-electron chi connectivity index (χ2n) is 5.01. The molecule has 1 rings (SSSR count). The molecule has 0 fully saturated rings.